The topological polar surface area (TPSA) is 93.0 Å². The number of aromatic nitrogens is 2. The first kappa shape index (κ1) is 18.6. The van der Waals surface area contributed by atoms with Crippen molar-refractivity contribution in [2.24, 2.45) is 0 Å². The Labute approximate surface area is 161 Å². The summed E-state index contributed by atoms with van der Waals surface area (Å²) in [4.78, 5) is 19.3. The fourth-order valence-electron chi connectivity index (χ4n) is 2.78. The number of nitro groups is 1. The molecule has 2 N–H and O–H groups in total. The number of aryl methyl sites for hydroxylation is 2. The molecule has 7 nitrogen and oxygen atoms in total. The van der Waals surface area contributed by atoms with E-state index in [-0.39, 0.29) is 17.3 Å². The van der Waals surface area contributed by atoms with Gasteiger partial charge in [0.1, 0.15) is 6.33 Å². The van der Waals surface area contributed by atoms with Gasteiger partial charge in [-0.05, 0) is 48.7 Å². The number of hydrogen-bond acceptors (Lipinski definition) is 6. The van der Waals surface area contributed by atoms with Crippen molar-refractivity contribution in [2.45, 2.75) is 20.4 Å². The highest BCUT2D eigenvalue weighted by Gasteiger charge is 2.23. The normalized spacial score (nSPS) is 10.5. The van der Waals surface area contributed by atoms with Crippen molar-refractivity contribution in [1.29, 1.82) is 0 Å². The second kappa shape index (κ2) is 8.01. The summed E-state index contributed by atoms with van der Waals surface area (Å²) < 4.78 is 0. The summed E-state index contributed by atoms with van der Waals surface area (Å²) in [7, 11) is 0. The molecule has 0 aliphatic carbocycles. The van der Waals surface area contributed by atoms with Gasteiger partial charge in [0.25, 0.3) is 0 Å². The lowest BCUT2D eigenvalue weighted by atomic mass is 10.1. The van der Waals surface area contributed by atoms with Gasteiger partial charge in [-0.3, -0.25) is 10.1 Å². The molecule has 3 aromatic rings. The van der Waals surface area contributed by atoms with Gasteiger partial charge in [-0.25, -0.2) is 9.97 Å². The standard InChI is InChI=1S/C19H18ClN5O2/c1-12-7-13(2)9-15(8-12)24-19-17(25(26)27)18(22-11-23-19)21-10-14-5-3-4-6-16(14)20/h3-9,11H,10H2,1-2H3,(H2,21,22,23,24). The summed E-state index contributed by atoms with van der Waals surface area (Å²) in [5.74, 6) is 0.253. The van der Waals surface area contributed by atoms with E-state index in [9.17, 15) is 10.1 Å². The van der Waals surface area contributed by atoms with Gasteiger partial charge in [0, 0.05) is 17.3 Å². The fourth-order valence-corrected chi connectivity index (χ4v) is 2.98. The molecule has 0 aliphatic heterocycles. The molecule has 0 radical (unpaired) electrons. The molecule has 3 rings (SSSR count). The molecular weight excluding hydrogens is 366 g/mol. The van der Waals surface area contributed by atoms with E-state index in [1.165, 1.54) is 6.33 Å². The number of nitrogens with zero attached hydrogens (tertiary/aromatic N) is 3. The minimum Gasteiger partial charge on any atom is -0.360 e. The van der Waals surface area contributed by atoms with Crippen molar-refractivity contribution in [2.75, 3.05) is 10.6 Å². The van der Waals surface area contributed by atoms with Crippen molar-refractivity contribution in [3.63, 3.8) is 0 Å². The molecular formula is C19H18ClN5O2. The van der Waals surface area contributed by atoms with Crippen molar-refractivity contribution in [3.8, 4) is 0 Å². The lowest BCUT2D eigenvalue weighted by Crippen LogP contribution is -2.08. The van der Waals surface area contributed by atoms with E-state index in [1.54, 1.807) is 6.07 Å². The predicted molar refractivity (Wildman–Crippen MR) is 107 cm³/mol. The molecule has 2 aromatic carbocycles. The zero-order valence-electron chi connectivity index (χ0n) is 14.9. The van der Waals surface area contributed by atoms with E-state index in [0.717, 1.165) is 22.4 Å². The van der Waals surface area contributed by atoms with Crippen LogP contribution in [-0.2, 0) is 6.54 Å². The minimum atomic E-state index is -0.500. The van der Waals surface area contributed by atoms with Gasteiger partial charge < -0.3 is 10.6 Å². The second-order valence-corrected chi connectivity index (χ2v) is 6.53. The maximum Gasteiger partial charge on any atom is 0.353 e. The number of benzene rings is 2. The average molecular weight is 384 g/mol. The summed E-state index contributed by atoms with van der Waals surface area (Å²) in [6, 6.07) is 13.1. The number of halogens is 1. The monoisotopic (exact) mass is 383 g/mol. The largest absolute Gasteiger partial charge is 0.360 e. The third-order valence-electron chi connectivity index (χ3n) is 3.89. The van der Waals surface area contributed by atoms with Gasteiger partial charge in [0.05, 0.1) is 4.92 Å². The van der Waals surface area contributed by atoms with Gasteiger partial charge in [-0.15, -0.1) is 0 Å². The Morgan fingerprint density at radius 2 is 1.74 bits per heavy atom. The van der Waals surface area contributed by atoms with E-state index >= 15 is 0 Å². The van der Waals surface area contributed by atoms with E-state index < -0.39 is 4.92 Å². The Kier molecular flexibility index (Phi) is 5.52. The third kappa shape index (κ3) is 4.51. The third-order valence-corrected chi connectivity index (χ3v) is 4.26. The van der Waals surface area contributed by atoms with Crippen LogP contribution in [0, 0.1) is 24.0 Å². The molecule has 0 saturated heterocycles. The molecule has 138 valence electrons. The zero-order chi connectivity index (χ0) is 19.4. The lowest BCUT2D eigenvalue weighted by molar-refractivity contribution is -0.383. The molecule has 1 aromatic heterocycles. The van der Waals surface area contributed by atoms with E-state index in [0.29, 0.717) is 11.6 Å². The number of anilines is 3. The van der Waals surface area contributed by atoms with E-state index in [2.05, 4.69) is 20.6 Å². The maximum absolute atomic E-state index is 11.7. The van der Waals surface area contributed by atoms with Gasteiger partial charge in [-0.1, -0.05) is 35.9 Å². The predicted octanol–water partition coefficient (Wildman–Crippen LogP) is 5.01. The molecule has 0 saturated carbocycles. The fraction of sp³-hybridized carbons (Fsp3) is 0.158. The summed E-state index contributed by atoms with van der Waals surface area (Å²) in [5, 5.41) is 18.3. The zero-order valence-corrected chi connectivity index (χ0v) is 15.6. The molecule has 0 amide bonds. The van der Waals surface area contributed by atoms with Crippen molar-refractivity contribution in [1.82, 2.24) is 9.97 Å². The minimum absolute atomic E-state index is 0.127. The maximum atomic E-state index is 11.7. The summed E-state index contributed by atoms with van der Waals surface area (Å²) in [6.07, 6.45) is 1.28. The van der Waals surface area contributed by atoms with Crippen LogP contribution in [0.5, 0.6) is 0 Å². The van der Waals surface area contributed by atoms with Crippen LogP contribution in [0.25, 0.3) is 0 Å². The van der Waals surface area contributed by atoms with Crippen LogP contribution in [0.4, 0.5) is 23.0 Å². The summed E-state index contributed by atoms with van der Waals surface area (Å²) in [6.45, 7) is 4.23. The molecule has 0 spiro atoms. The van der Waals surface area contributed by atoms with Gasteiger partial charge >= 0.3 is 5.69 Å². The first-order chi connectivity index (χ1) is 12.9. The molecule has 1 heterocycles. The second-order valence-electron chi connectivity index (χ2n) is 6.12. The molecule has 0 atom stereocenters. The van der Waals surface area contributed by atoms with Crippen molar-refractivity contribution < 1.29 is 4.92 Å². The number of nitrogens with one attached hydrogen (secondary N) is 2. The Morgan fingerprint density at radius 3 is 2.41 bits per heavy atom. The summed E-state index contributed by atoms with van der Waals surface area (Å²) in [5.41, 5.74) is 3.42. The van der Waals surface area contributed by atoms with Crippen LogP contribution in [0.1, 0.15) is 16.7 Å². The smallest absolute Gasteiger partial charge is 0.353 e. The Balaban J connectivity index is 1.90. The molecule has 27 heavy (non-hydrogen) atoms. The van der Waals surface area contributed by atoms with Gasteiger partial charge in [-0.2, -0.15) is 0 Å². The van der Waals surface area contributed by atoms with E-state index in [1.807, 2.05) is 50.2 Å². The van der Waals surface area contributed by atoms with Crippen LogP contribution in [-0.4, -0.2) is 14.9 Å². The number of hydrogen-bond donors (Lipinski definition) is 2. The lowest BCUT2D eigenvalue weighted by Gasteiger charge is -2.11. The highest BCUT2D eigenvalue weighted by molar-refractivity contribution is 6.31. The molecule has 0 aliphatic rings. The Morgan fingerprint density at radius 1 is 1.07 bits per heavy atom. The average Bonchev–Trinajstić information content (AvgIpc) is 2.60. The van der Waals surface area contributed by atoms with Gasteiger partial charge in [0.15, 0.2) is 0 Å². The molecule has 0 unspecified atom stereocenters. The molecule has 0 fully saturated rings. The van der Waals surface area contributed by atoms with Crippen LogP contribution < -0.4 is 10.6 Å². The Bertz CT molecular complexity index is 973. The molecule has 0 bridgehead atoms. The van der Waals surface area contributed by atoms with Crippen LogP contribution in [0.15, 0.2) is 48.8 Å². The highest BCUT2D eigenvalue weighted by Crippen LogP contribution is 2.32. The molecule has 8 heteroatoms. The van der Waals surface area contributed by atoms with Gasteiger partial charge in [0.2, 0.25) is 11.6 Å². The number of rotatable bonds is 6. The van der Waals surface area contributed by atoms with Crippen LogP contribution in [0.2, 0.25) is 5.02 Å². The Hall–Kier alpha value is -3.19. The first-order valence-electron chi connectivity index (χ1n) is 8.26. The van der Waals surface area contributed by atoms with Crippen LogP contribution in [0.3, 0.4) is 0 Å². The van der Waals surface area contributed by atoms with Crippen LogP contribution >= 0.6 is 11.6 Å². The van der Waals surface area contributed by atoms with E-state index in [4.69, 9.17) is 11.6 Å². The summed E-state index contributed by atoms with van der Waals surface area (Å²) >= 11 is 6.14. The SMILES string of the molecule is Cc1cc(C)cc(Nc2ncnc(NCc3ccccc3Cl)c2[N+](=O)[O-])c1. The van der Waals surface area contributed by atoms with Crippen molar-refractivity contribution in [3.05, 3.63) is 80.6 Å². The first-order valence-corrected chi connectivity index (χ1v) is 8.64. The highest BCUT2D eigenvalue weighted by atomic mass is 35.5. The quantitative estimate of drug-likeness (QED) is 0.459. The van der Waals surface area contributed by atoms with Crippen molar-refractivity contribution >= 4 is 34.6 Å².